The summed E-state index contributed by atoms with van der Waals surface area (Å²) in [5.41, 5.74) is 7.13. The number of halogens is 1. The summed E-state index contributed by atoms with van der Waals surface area (Å²) in [6, 6.07) is 8.88. The average molecular weight is 308 g/mol. The van der Waals surface area contributed by atoms with Gasteiger partial charge in [0.2, 0.25) is 0 Å². The Morgan fingerprint density at radius 2 is 1.90 bits per heavy atom. The summed E-state index contributed by atoms with van der Waals surface area (Å²) in [5.74, 6) is 1.92. The molecule has 0 amide bonds. The Bertz CT molecular complexity index is 620. The van der Waals surface area contributed by atoms with Gasteiger partial charge in [-0.15, -0.1) is 0 Å². The van der Waals surface area contributed by atoms with Crippen LogP contribution in [0.1, 0.15) is 13.8 Å². The van der Waals surface area contributed by atoms with Crippen molar-refractivity contribution in [3.05, 3.63) is 35.5 Å². The van der Waals surface area contributed by atoms with Gasteiger partial charge in [-0.25, -0.2) is 4.98 Å². The van der Waals surface area contributed by atoms with Crippen molar-refractivity contribution >= 4 is 28.8 Å². The number of anilines is 3. The molecule has 0 aliphatic heterocycles. The van der Waals surface area contributed by atoms with Gasteiger partial charge in [0.15, 0.2) is 5.82 Å². The van der Waals surface area contributed by atoms with E-state index in [1.807, 2.05) is 32.0 Å². The number of rotatable bonds is 6. The van der Waals surface area contributed by atoms with Crippen molar-refractivity contribution in [3.8, 4) is 11.5 Å². The van der Waals surface area contributed by atoms with Gasteiger partial charge in [-0.1, -0.05) is 11.6 Å². The van der Waals surface area contributed by atoms with Crippen LogP contribution < -0.4 is 20.5 Å². The molecule has 3 N–H and O–H groups in total. The molecule has 2 aromatic rings. The van der Waals surface area contributed by atoms with Crippen LogP contribution in [0.3, 0.4) is 0 Å². The number of nitrogens with zero attached hydrogens (tertiary/aromatic N) is 1. The van der Waals surface area contributed by atoms with E-state index in [0.29, 0.717) is 35.6 Å². The highest BCUT2D eigenvalue weighted by Gasteiger charge is 2.09. The van der Waals surface area contributed by atoms with E-state index < -0.39 is 0 Å². The van der Waals surface area contributed by atoms with Crippen LogP contribution in [-0.4, -0.2) is 18.2 Å². The Morgan fingerprint density at radius 3 is 2.62 bits per heavy atom. The molecule has 21 heavy (non-hydrogen) atoms. The molecule has 0 saturated heterocycles. The molecule has 1 aromatic heterocycles. The lowest BCUT2D eigenvalue weighted by Gasteiger charge is -2.15. The highest BCUT2D eigenvalue weighted by Crippen LogP contribution is 2.33. The van der Waals surface area contributed by atoms with Crippen LogP contribution in [0.15, 0.2) is 30.3 Å². The van der Waals surface area contributed by atoms with E-state index in [0.717, 1.165) is 11.4 Å². The number of hydrogen-bond donors (Lipinski definition) is 2. The molecule has 112 valence electrons. The second kappa shape index (κ2) is 7.04. The van der Waals surface area contributed by atoms with Gasteiger partial charge in [0.05, 0.1) is 24.6 Å². The quantitative estimate of drug-likeness (QED) is 0.793. The van der Waals surface area contributed by atoms with Crippen LogP contribution in [-0.2, 0) is 0 Å². The molecule has 0 unspecified atom stereocenters. The monoisotopic (exact) mass is 307 g/mol. The summed E-state index contributed by atoms with van der Waals surface area (Å²) < 4.78 is 11.1. The van der Waals surface area contributed by atoms with Gasteiger partial charge in [-0.2, -0.15) is 0 Å². The van der Waals surface area contributed by atoms with Crippen molar-refractivity contribution < 1.29 is 9.47 Å². The molecule has 6 heteroatoms. The second-order valence-corrected chi connectivity index (χ2v) is 4.61. The lowest BCUT2D eigenvalue weighted by Crippen LogP contribution is -2.03. The lowest BCUT2D eigenvalue weighted by atomic mass is 10.2. The van der Waals surface area contributed by atoms with Gasteiger partial charge >= 0.3 is 0 Å². The van der Waals surface area contributed by atoms with Gasteiger partial charge in [-0.05, 0) is 38.1 Å². The summed E-state index contributed by atoms with van der Waals surface area (Å²) in [5, 5.41) is 3.51. The standard InChI is InChI=1S/C15H18ClN3O2/c1-3-20-10-5-7-13(21-4-2)12(9-10)18-15-11(17)6-8-14(16)19-15/h5-9H,3-4,17H2,1-2H3,(H,18,19). The molecular formula is C15H18ClN3O2. The number of nitrogens with two attached hydrogens (primary N) is 1. The maximum Gasteiger partial charge on any atom is 0.155 e. The van der Waals surface area contributed by atoms with Crippen molar-refractivity contribution in [2.75, 3.05) is 24.3 Å². The molecule has 5 nitrogen and oxygen atoms in total. The van der Waals surface area contributed by atoms with Crippen LogP contribution in [0.2, 0.25) is 5.15 Å². The Morgan fingerprint density at radius 1 is 1.14 bits per heavy atom. The average Bonchev–Trinajstić information content (AvgIpc) is 2.46. The number of ether oxygens (including phenoxy) is 2. The van der Waals surface area contributed by atoms with Gasteiger partial charge in [0.25, 0.3) is 0 Å². The fraction of sp³-hybridized carbons (Fsp3) is 0.267. The molecule has 0 aliphatic carbocycles. The van der Waals surface area contributed by atoms with Gasteiger partial charge < -0.3 is 20.5 Å². The predicted octanol–water partition coefficient (Wildman–Crippen LogP) is 3.86. The predicted molar refractivity (Wildman–Crippen MR) is 85.7 cm³/mol. The maximum atomic E-state index is 5.90. The van der Waals surface area contributed by atoms with Crippen LogP contribution >= 0.6 is 11.6 Å². The minimum absolute atomic E-state index is 0.366. The topological polar surface area (TPSA) is 69.4 Å². The summed E-state index contributed by atoms with van der Waals surface area (Å²) in [4.78, 5) is 4.18. The third-order valence-electron chi connectivity index (χ3n) is 2.71. The Kier molecular flexibility index (Phi) is 5.11. The number of aromatic nitrogens is 1. The fourth-order valence-corrected chi connectivity index (χ4v) is 1.97. The van der Waals surface area contributed by atoms with E-state index in [4.69, 9.17) is 26.8 Å². The smallest absolute Gasteiger partial charge is 0.155 e. The van der Waals surface area contributed by atoms with Gasteiger partial charge in [-0.3, -0.25) is 0 Å². The first-order valence-electron chi connectivity index (χ1n) is 6.72. The van der Waals surface area contributed by atoms with Crippen LogP contribution in [0.25, 0.3) is 0 Å². The van der Waals surface area contributed by atoms with Crippen LogP contribution in [0.5, 0.6) is 11.5 Å². The summed E-state index contributed by atoms with van der Waals surface area (Å²) >= 11 is 5.90. The Hall–Kier alpha value is -2.14. The van der Waals surface area contributed by atoms with Crippen LogP contribution in [0.4, 0.5) is 17.2 Å². The fourth-order valence-electron chi connectivity index (χ4n) is 1.82. The van der Waals surface area contributed by atoms with E-state index in [-0.39, 0.29) is 0 Å². The third kappa shape index (κ3) is 3.92. The second-order valence-electron chi connectivity index (χ2n) is 4.22. The number of hydrogen-bond acceptors (Lipinski definition) is 5. The molecular weight excluding hydrogens is 290 g/mol. The first-order chi connectivity index (χ1) is 10.1. The van der Waals surface area contributed by atoms with E-state index in [2.05, 4.69) is 10.3 Å². The van der Waals surface area contributed by atoms with E-state index >= 15 is 0 Å². The molecule has 0 fully saturated rings. The Balaban J connectivity index is 2.35. The molecule has 1 aromatic carbocycles. The van der Waals surface area contributed by atoms with Crippen molar-refractivity contribution in [3.63, 3.8) is 0 Å². The zero-order chi connectivity index (χ0) is 15.2. The molecule has 0 aliphatic rings. The molecule has 0 saturated carbocycles. The summed E-state index contributed by atoms with van der Waals surface area (Å²) in [6.45, 7) is 5.00. The third-order valence-corrected chi connectivity index (χ3v) is 2.92. The summed E-state index contributed by atoms with van der Waals surface area (Å²) in [7, 11) is 0. The summed E-state index contributed by atoms with van der Waals surface area (Å²) in [6.07, 6.45) is 0. The molecule has 2 rings (SSSR count). The molecule has 1 heterocycles. The van der Waals surface area contributed by atoms with Crippen molar-refractivity contribution in [1.82, 2.24) is 4.98 Å². The first kappa shape index (κ1) is 15.3. The highest BCUT2D eigenvalue weighted by atomic mass is 35.5. The zero-order valence-corrected chi connectivity index (χ0v) is 12.8. The van der Waals surface area contributed by atoms with E-state index in [1.54, 1.807) is 12.1 Å². The van der Waals surface area contributed by atoms with Crippen molar-refractivity contribution in [1.29, 1.82) is 0 Å². The zero-order valence-electron chi connectivity index (χ0n) is 12.0. The molecule has 0 atom stereocenters. The molecule has 0 spiro atoms. The van der Waals surface area contributed by atoms with Gasteiger partial charge in [0, 0.05) is 6.07 Å². The maximum absolute atomic E-state index is 5.90. The number of benzene rings is 1. The first-order valence-corrected chi connectivity index (χ1v) is 7.10. The number of nitrogens with one attached hydrogen (secondary N) is 1. The SMILES string of the molecule is CCOc1ccc(OCC)c(Nc2nc(Cl)ccc2N)c1. The number of pyridine rings is 1. The number of nitrogen functional groups attached to an aromatic ring is 1. The Labute approximate surface area is 129 Å². The van der Waals surface area contributed by atoms with Crippen molar-refractivity contribution in [2.24, 2.45) is 0 Å². The minimum atomic E-state index is 0.366. The molecule has 0 bridgehead atoms. The van der Waals surface area contributed by atoms with E-state index in [1.165, 1.54) is 0 Å². The van der Waals surface area contributed by atoms with Crippen molar-refractivity contribution in [2.45, 2.75) is 13.8 Å². The minimum Gasteiger partial charge on any atom is -0.494 e. The van der Waals surface area contributed by atoms with E-state index in [9.17, 15) is 0 Å². The lowest BCUT2D eigenvalue weighted by molar-refractivity contribution is 0.332. The highest BCUT2D eigenvalue weighted by molar-refractivity contribution is 6.29. The van der Waals surface area contributed by atoms with Gasteiger partial charge in [0.1, 0.15) is 16.7 Å². The largest absolute Gasteiger partial charge is 0.494 e. The molecule has 0 radical (unpaired) electrons. The van der Waals surface area contributed by atoms with Crippen LogP contribution in [0, 0.1) is 0 Å². The normalized spacial score (nSPS) is 10.2.